The van der Waals surface area contributed by atoms with Crippen molar-refractivity contribution in [3.63, 3.8) is 0 Å². The number of rotatable bonds is 20. The van der Waals surface area contributed by atoms with E-state index in [0.29, 0.717) is 28.1 Å². The van der Waals surface area contributed by atoms with Gasteiger partial charge >= 0.3 is 11.7 Å². The molecule has 0 aliphatic heterocycles. The van der Waals surface area contributed by atoms with Crippen LogP contribution in [0.4, 0.5) is 11.4 Å². The van der Waals surface area contributed by atoms with E-state index in [0.717, 1.165) is 55.6 Å². The molecule has 0 saturated heterocycles. The summed E-state index contributed by atoms with van der Waals surface area (Å²) in [5, 5.41) is 11.9. The largest absolute Gasteiger partial charge is 0.494 e. The first-order chi connectivity index (χ1) is 23.8. The number of hydrogen-bond donors (Lipinski definition) is 1. The Hall–Kier alpha value is -4.85. The third kappa shape index (κ3) is 11.4. The van der Waals surface area contributed by atoms with E-state index in [4.69, 9.17) is 19.9 Å². The van der Waals surface area contributed by atoms with Crippen LogP contribution in [-0.2, 0) is 0 Å². The van der Waals surface area contributed by atoms with Crippen LogP contribution in [0.25, 0.3) is 22.3 Å². The van der Waals surface area contributed by atoms with Crippen LogP contribution in [0.15, 0.2) is 84.9 Å². The molecule has 0 heterocycles. The molecular weight excluding hydrogens is 616 g/mol. The summed E-state index contributed by atoms with van der Waals surface area (Å²) in [6.45, 7) is 7.00. The van der Waals surface area contributed by atoms with Crippen LogP contribution in [0.3, 0.4) is 0 Å². The summed E-state index contributed by atoms with van der Waals surface area (Å²) >= 11 is 0. The molecule has 4 rings (SSSR count). The average Bonchev–Trinajstić information content (AvgIpc) is 3.10. The topological polar surface area (TPSA) is 114 Å². The lowest BCUT2D eigenvalue weighted by atomic mass is 10.0. The number of nitro groups is 1. The van der Waals surface area contributed by atoms with Gasteiger partial charge in [0.05, 0.1) is 23.2 Å². The molecule has 8 heteroatoms. The lowest BCUT2D eigenvalue weighted by Gasteiger charge is -2.16. The summed E-state index contributed by atoms with van der Waals surface area (Å²) in [5.41, 5.74) is 10.0. The predicted octanol–water partition coefficient (Wildman–Crippen LogP) is 11.2. The summed E-state index contributed by atoms with van der Waals surface area (Å²) in [6.07, 6.45) is 12.6. The van der Waals surface area contributed by atoms with Crippen molar-refractivity contribution in [2.75, 3.05) is 12.3 Å². The number of esters is 1. The van der Waals surface area contributed by atoms with E-state index in [2.05, 4.69) is 13.8 Å². The van der Waals surface area contributed by atoms with Gasteiger partial charge in [0.15, 0.2) is 5.75 Å². The van der Waals surface area contributed by atoms with Crippen molar-refractivity contribution in [1.82, 2.24) is 0 Å². The third-order valence-corrected chi connectivity index (χ3v) is 8.57. The summed E-state index contributed by atoms with van der Waals surface area (Å²) in [5.74, 6) is 0.927. The third-order valence-electron chi connectivity index (χ3n) is 8.57. The van der Waals surface area contributed by atoms with Gasteiger partial charge in [0.2, 0.25) is 0 Å². The number of hydrogen-bond acceptors (Lipinski definition) is 7. The average molecular weight is 667 g/mol. The zero-order chi connectivity index (χ0) is 35.0. The highest BCUT2D eigenvalue weighted by molar-refractivity contribution is 5.92. The second kappa shape index (κ2) is 19.2. The van der Waals surface area contributed by atoms with Crippen molar-refractivity contribution in [2.45, 2.75) is 97.5 Å². The lowest BCUT2D eigenvalue weighted by molar-refractivity contribution is -0.386. The fourth-order valence-corrected chi connectivity index (χ4v) is 5.69. The molecule has 49 heavy (non-hydrogen) atoms. The molecule has 0 bridgehead atoms. The molecule has 0 aliphatic rings. The van der Waals surface area contributed by atoms with E-state index in [1.165, 1.54) is 50.7 Å². The van der Waals surface area contributed by atoms with E-state index < -0.39 is 10.9 Å². The van der Waals surface area contributed by atoms with Gasteiger partial charge in [-0.25, -0.2) is 4.79 Å². The smallest absolute Gasteiger partial charge is 0.343 e. The second-order valence-electron chi connectivity index (χ2n) is 12.6. The zero-order valence-electron chi connectivity index (χ0n) is 29.1. The van der Waals surface area contributed by atoms with Gasteiger partial charge in [-0.15, -0.1) is 0 Å². The van der Waals surface area contributed by atoms with Crippen molar-refractivity contribution < 1.29 is 23.9 Å². The zero-order valence-corrected chi connectivity index (χ0v) is 29.1. The molecule has 0 fully saturated rings. The van der Waals surface area contributed by atoms with Crippen molar-refractivity contribution in [3.8, 4) is 39.5 Å². The van der Waals surface area contributed by atoms with Gasteiger partial charge in [0.1, 0.15) is 11.5 Å². The molecule has 4 aromatic carbocycles. The van der Waals surface area contributed by atoms with E-state index in [9.17, 15) is 14.9 Å². The number of ether oxygens (including phenoxy) is 3. The Morgan fingerprint density at radius 3 is 1.90 bits per heavy atom. The number of nitro benzene ring substituents is 1. The minimum absolute atomic E-state index is 0.151. The van der Waals surface area contributed by atoms with Gasteiger partial charge in [-0.05, 0) is 79.3 Å². The summed E-state index contributed by atoms with van der Waals surface area (Å²) in [6, 6.07) is 25.0. The first kappa shape index (κ1) is 37.0. The van der Waals surface area contributed by atoms with Crippen LogP contribution >= 0.6 is 0 Å². The van der Waals surface area contributed by atoms with E-state index >= 15 is 0 Å². The van der Waals surface area contributed by atoms with E-state index in [1.807, 2.05) is 43.3 Å². The Kier molecular flexibility index (Phi) is 14.5. The van der Waals surface area contributed by atoms with Crippen molar-refractivity contribution in [1.29, 1.82) is 0 Å². The first-order valence-electron chi connectivity index (χ1n) is 17.7. The number of anilines is 1. The molecule has 2 N–H and O–H groups in total. The number of nitrogens with two attached hydrogens (primary N) is 1. The maximum absolute atomic E-state index is 12.9. The molecular formula is C41H50N2O6. The Labute approximate surface area is 290 Å². The minimum Gasteiger partial charge on any atom is -0.494 e. The molecule has 0 spiro atoms. The normalized spacial score (nSPS) is 11.6. The van der Waals surface area contributed by atoms with Crippen molar-refractivity contribution in [2.24, 2.45) is 0 Å². The highest BCUT2D eigenvalue weighted by Gasteiger charge is 2.21. The van der Waals surface area contributed by atoms with Crippen LogP contribution in [0, 0.1) is 10.1 Å². The van der Waals surface area contributed by atoms with Crippen LogP contribution in [-0.4, -0.2) is 23.6 Å². The van der Waals surface area contributed by atoms with Crippen molar-refractivity contribution in [3.05, 3.63) is 101 Å². The Morgan fingerprint density at radius 2 is 1.29 bits per heavy atom. The summed E-state index contributed by atoms with van der Waals surface area (Å²) in [4.78, 5) is 24.4. The van der Waals surface area contributed by atoms with Gasteiger partial charge in [-0.2, -0.15) is 0 Å². The number of unbranched alkanes of at least 4 members (excludes halogenated alkanes) is 8. The number of nitrogens with zero attached hydrogens (tertiary/aromatic N) is 1. The fraction of sp³-hybridized carbons (Fsp3) is 0.390. The second-order valence-corrected chi connectivity index (χ2v) is 12.6. The standard InChI is InChI=1S/C41H50N2O6/c1-4-6-8-9-10-11-13-27-47-35-23-19-31(20-24-35)32-21-25-36(26-22-32)49-41(44)34-17-15-33(16-18-34)37-28-39(43(45)46)40(29-38(37)42)48-30(3)14-12-7-5-2/h15-26,28-30H,4-14,27,42H2,1-3H3/t30-/m1/s1. The highest BCUT2D eigenvalue weighted by Crippen LogP contribution is 2.38. The van der Waals surface area contributed by atoms with Crippen LogP contribution in [0.5, 0.6) is 17.2 Å². The van der Waals surface area contributed by atoms with Crippen LogP contribution in [0.2, 0.25) is 0 Å². The first-order valence-corrected chi connectivity index (χ1v) is 17.7. The van der Waals surface area contributed by atoms with Gasteiger partial charge in [0.25, 0.3) is 0 Å². The molecule has 0 unspecified atom stereocenters. The Bertz CT molecular complexity index is 1620. The van der Waals surface area contributed by atoms with Crippen LogP contribution < -0.4 is 19.9 Å². The molecule has 0 radical (unpaired) electrons. The molecule has 1 atom stereocenters. The number of benzene rings is 4. The molecule has 8 nitrogen and oxygen atoms in total. The van der Waals surface area contributed by atoms with Gasteiger partial charge in [-0.1, -0.05) is 102 Å². The number of nitrogen functional groups attached to an aromatic ring is 1. The monoisotopic (exact) mass is 666 g/mol. The van der Waals surface area contributed by atoms with Crippen LogP contribution in [0.1, 0.15) is 102 Å². The van der Waals surface area contributed by atoms with Gasteiger partial charge in [-0.3, -0.25) is 10.1 Å². The SMILES string of the molecule is CCCCCCCCCOc1ccc(-c2ccc(OC(=O)c3ccc(-c4cc([N+](=O)[O-])c(O[C@H](C)CCCCC)cc4N)cc3)cc2)cc1. The number of carbonyl (C=O) groups excluding carboxylic acids is 1. The molecule has 260 valence electrons. The molecule has 4 aromatic rings. The van der Waals surface area contributed by atoms with E-state index in [-0.39, 0.29) is 17.5 Å². The molecule has 0 aliphatic carbocycles. The maximum Gasteiger partial charge on any atom is 0.343 e. The molecule has 0 aromatic heterocycles. The highest BCUT2D eigenvalue weighted by atomic mass is 16.6. The minimum atomic E-state index is -0.512. The quantitative estimate of drug-likeness (QED) is 0.0249. The molecule has 0 saturated carbocycles. The fourth-order valence-electron chi connectivity index (χ4n) is 5.69. The maximum atomic E-state index is 12.9. The molecule has 0 amide bonds. The number of carbonyl (C=O) groups is 1. The van der Waals surface area contributed by atoms with Crippen molar-refractivity contribution >= 4 is 17.3 Å². The lowest BCUT2D eigenvalue weighted by Crippen LogP contribution is -2.13. The Balaban J connectivity index is 1.31. The summed E-state index contributed by atoms with van der Waals surface area (Å²) < 4.78 is 17.4. The Morgan fingerprint density at radius 1 is 0.735 bits per heavy atom. The predicted molar refractivity (Wildman–Crippen MR) is 198 cm³/mol. The van der Waals surface area contributed by atoms with Gasteiger partial charge < -0.3 is 19.9 Å². The van der Waals surface area contributed by atoms with E-state index in [1.54, 1.807) is 36.4 Å². The summed E-state index contributed by atoms with van der Waals surface area (Å²) in [7, 11) is 0. The van der Waals surface area contributed by atoms with Gasteiger partial charge in [0, 0.05) is 23.4 Å².